The maximum Gasteiger partial charge on any atom is 0.244 e. The van der Waals surface area contributed by atoms with Crippen LogP contribution in [-0.4, -0.2) is 50.6 Å². The van der Waals surface area contributed by atoms with E-state index in [0.717, 1.165) is 34.1 Å². The van der Waals surface area contributed by atoms with Crippen molar-refractivity contribution in [3.8, 4) is 11.5 Å². The van der Waals surface area contributed by atoms with Crippen molar-refractivity contribution >= 4 is 45.6 Å². The van der Waals surface area contributed by atoms with Crippen LogP contribution in [0.1, 0.15) is 11.1 Å². The molecule has 0 aliphatic carbocycles. The fourth-order valence-corrected chi connectivity index (χ4v) is 4.25. The second-order valence-corrected chi connectivity index (χ2v) is 9.14. The highest BCUT2D eigenvalue weighted by atomic mass is 33.1. The molecule has 6 nitrogen and oxygen atoms in total. The molecule has 0 fully saturated rings. The molecule has 8 heteroatoms. The zero-order valence-electron chi connectivity index (χ0n) is 18.2. The number of benzene rings is 2. The summed E-state index contributed by atoms with van der Waals surface area (Å²) in [5.41, 5.74) is 1.87. The third-order valence-electron chi connectivity index (χ3n) is 4.14. The van der Waals surface area contributed by atoms with E-state index in [1.165, 1.54) is 12.2 Å². The highest BCUT2D eigenvalue weighted by molar-refractivity contribution is 8.76. The molecule has 0 saturated carbocycles. The molecule has 170 valence electrons. The summed E-state index contributed by atoms with van der Waals surface area (Å²) in [7, 11) is 6.56. The molecule has 0 atom stereocenters. The largest absolute Gasteiger partial charge is 0.497 e. The molecule has 2 aromatic rings. The van der Waals surface area contributed by atoms with Gasteiger partial charge in [-0.15, -0.1) is 0 Å². The first-order valence-corrected chi connectivity index (χ1v) is 12.5. The van der Waals surface area contributed by atoms with Crippen molar-refractivity contribution in [3.63, 3.8) is 0 Å². The van der Waals surface area contributed by atoms with E-state index < -0.39 is 0 Å². The predicted molar refractivity (Wildman–Crippen MR) is 135 cm³/mol. The third kappa shape index (κ3) is 10.5. The molecule has 0 unspecified atom stereocenters. The highest BCUT2D eigenvalue weighted by Crippen LogP contribution is 2.19. The van der Waals surface area contributed by atoms with Gasteiger partial charge in [-0.1, -0.05) is 45.9 Å². The Kier molecular flexibility index (Phi) is 12.0. The molecule has 0 aliphatic heterocycles. The zero-order valence-corrected chi connectivity index (χ0v) is 19.8. The van der Waals surface area contributed by atoms with E-state index in [1.54, 1.807) is 48.0 Å². The lowest BCUT2D eigenvalue weighted by Crippen LogP contribution is -2.24. The van der Waals surface area contributed by atoms with Crippen LogP contribution < -0.4 is 20.1 Å². The SMILES string of the molecule is COc1ccc(/C=C/C(=O)NCCSSCCNC(=O)/C=C/c2ccc(OC)cc2)cc1. The first-order valence-electron chi connectivity index (χ1n) is 10.0. The van der Waals surface area contributed by atoms with Crippen LogP contribution in [0, 0.1) is 0 Å². The molecule has 2 aromatic carbocycles. The zero-order chi connectivity index (χ0) is 23.0. The van der Waals surface area contributed by atoms with Gasteiger partial charge in [0.15, 0.2) is 0 Å². The molecule has 2 N–H and O–H groups in total. The molecule has 0 radical (unpaired) electrons. The number of hydrogen-bond donors (Lipinski definition) is 2. The first kappa shape index (κ1) is 25.4. The van der Waals surface area contributed by atoms with Crippen LogP contribution >= 0.6 is 21.6 Å². The summed E-state index contributed by atoms with van der Waals surface area (Å²) in [5.74, 6) is 2.90. The van der Waals surface area contributed by atoms with Crippen molar-refractivity contribution in [2.45, 2.75) is 0 Å². The summed E-state index contributed by atoms with van der Waals surface area (Å²) in [4.78, 5) is 23.7. The molecule has 32 heavy (non-hydrogen) atoms. The van der Waals surface area contributed by atoms with Crippen molar-refractivity contribution in [2.24, 2.45) is 0 Å². The molecular weight excluding hydrogens is 444 g/mol. The lowest BCUT2D eigenvalue weighted by atomic mass is 10.2. The van der Waals surface area contributed by atoms with Gasteiger partial charge in [0.2, 0.25) is 11.8 Å². The molecule has 0 aliphatic rings. The van der Waals surface area contributed by atoms with Gasteiger partial charge in [-0.3, -0.25) is 9.59 Å². The van der Waals surface area contributed by atoms with Crippen LogP contribution in [-0.2, 0) is 9.59 Å². The topological polar surface area (TPSA) is 76.7 Å². The van der Waals surface area contributed by atoms with Crippen molar-refractivity contribution in [2.75, 3.05) is 38.8 Å². The third-order valence-corrected chi connectivity index (χ3v) is 6.55. The van der Waals surface area contributed by atoms with Gasteiger partial charge in [-0.25, -0.2) is 0 Å². The number of amides is 2. The summed E-state index contributed by atoms with van der Waals surface area (Å²) in [5, 5.41) is 5.71. The minimum Gasteiger partial charge on any atom is -0.497 e. The van der Waals surface area contributed by atoms with E-state index in [-0.39, 0.29) is 11.8 Å². The Morgan fingerprint density at radius 2 is 1.09 bits per heavy atom. The molecular formula is C24H28N2O4S2. The highest BCUT2D eigenvalue weighted by Gasteiger charge is 1.98. The molecule has 0 saturated heterocycles. The van der Waals surface area contributed by atoms with E-state index in [4.69, 9.17) is 9.47 Å². The lowest BCUT2D eigenvalue weighted by Gasteiger charge is -2.04. The summed E-state index contributed by atoms with van der Waals surface area (Å²) in [6.07, 6.45) is 6.58. The number of carbonyl (C=O) groups excluding carboxylic acids is 2. The number of carbonyl (C=O) groups is 2. The fourth-order valence-electron chi connectivity index (χ4n) is 2.44. The van der Waals surface area contributed by atoms with E-state index >= 15 is 0 Å². The Bertz CT molecular complexity index is 822. The van der Waals surface area contributed by atoms with Crippen molar-refractivity contribution < 1.29 is 19.1 Å². The van der Waals surface area contributed by atoms with Gasteiger partial charge in [-0.05, 0) is 47.5 Å². The van der Waals surface area contributed by atoms with Crippen LogP contribution in [0.5, 0.6) is 11.5 Å². The quantitative estimate of drug-likeness (QED) is 0.260. The number of hydrogen-bond acceptors (Lipinski definition) is 6. The predicted octanol–water partition coefficient (Wildman–Crippen LogP) is 4.04. The monoisotopic (exact) mass is 472 g/mol. The fraction of sp³-hybridized carbons (Fsp3) is 0.250. The summed E-state index contributed by atoms with van der Waals surface area (Å²) in [6, 6.07) is 15.0. The molecule has 0 heterocycles. The maximum absolute atomic E-state index is 11.8. The van der Waals surface area contributed by atoms with E-state index in [1.807, 2.05) is 48.5 Å². The molecule has 0 aromatic heterocycles. The average Bonchev–Trinajstić information content (AvgIpc) is 2.83. The Hall–Kier alpha value is -2.84. The van der Waals surface area contributed by atoms with Gasteiger partial charge in [0.05, 0.1) is 14.2 Å². The second kappa shape index (κ2) is 15.0. The Labute approximate surface area is 197 Å². The van der Waals surface area contributed by atoms with Crippen molar-refractivity contribution in [3.05, 3.63) is 71.8 Å². The van der Waals surface area contributed by atoms with E-state index in [0.29, 0.717) is 13.1 Å². The molecule has 0 bridgehead atoms. The van der Waals surface area contributed by atoms with Crippen LogP contribution in [0.15, 0.2) is 60.7 Å². The van der Waals surface area contributed by atoms with Crippen LogP contribution in [0.25, 0.3) is 12.2 Å². The Balaban J connectivity index is 1.49. The Morgan fingerprint density at radius 1 is 0.719 bits per heavy atom. The summed E-state index contributed by atoms with van der Waals surface area (Å²) >= 11 is 0. The van der Waals surface area contributed by atoms with Gasteiger partial charge >= 0.3 is 0 Å². The average molecular weight is 473 g/mol. The van der Waals surface area contributed by atoms with Crippen LogP contribution in [0.2, 0.25) is 0 Å². The van der Waals surface area contributed by atoms with Crippen molar-refractivity contribution in [1.29, 1.82) is 0 Å². The van der Waals surface area contributed by atoms with Gasteiger partial charge in [0, 0.05) is 36.7 Å². The van der Waals surface area contributed by atoms with Crippen LogP contribution in [0.4, 0.5) is 0 Å². The number of nitrogens with one attached hydrogen (secondary N) is 2. The second-order valence-electron chi connectivity index (χ2n) is 6.44. The number of rotatable bonds is 13. The smallest absolute Gasteiger partial charge is 0.244 e. The first-order chi connectivity index (χ1) is 15.6. The van der Waals surface area contributed by atoms with Gasteiger partial charge in [0.1, 0.15) is 11.5 Å². The summed E-state index contributed by atoms with van der Waals surface area (Å²) < 4.78 is 10.2. The van der Waals surface area contributed by atoms with Gasteiger partial charge in [0.25, 0.3) is 0 Å². The van der Waals surface area contributed by atoms with E-state index in [2.05, 4.69) is 10.6 Å². The minimum absolute atomic E-state index is 0.123. The number of ether oxygens (including phenoxy) is 2. The van der Waals surface area contributed by atoms with Crippen molar-refractivity contribution in [1.82, 2.24) is 10.6 Å². The minimum atomic E-state index is -0.123. The van der Waals surface area contributed by atoms with Crippen LogP contribution in [0.3, 0.4) is 0 Å². The maximum atomic E-state index is 11.8. The molecule has 2 amide bonds. The summed E-state index contributed by atoms with van der Waals surface area (Å²) in [6.45, 7) is 1.17. The van der Waals surface area contributed by atoms with E-state index in [9.17, 15) is 9.59 Å². The molecule has 0 spiro atoms. The standard InChI is InChI=1S/C24H28N2O4S2/c1-29-21-9-3-19(4-10-21)7-13-23(27)25-15-17-31-32-18-16-26-24(28)14-8-20-5-11-22(30-2)12-6-20/h3-14H,15-18H2,1-2H3,(H,25,27)(H,26,28)/b13-7+,14-8+. The normalized spacial score (nSPS) is 10.9. The lowest BCUT2D eigenvalue weighted by molar-refractivity contribution is -0.117. The Morgan fingerprint density at radius 3 is 1.44 bits per heavy atom. The molecule has 2 rings (SSSR count). The van der Waals surface area contributed by atoms with Gasteiger partial charge < -0.3 is 20.1 Å². The number of methoxy groups -OCH3 is 2. The van der Waals surface area contributed by atoms with Gasteiger partial charge in [-0.2, -0.15) is 0 Å².